The van der Waals surface area contributed by atoms with E-state index in [0.717, 1.165) is 49.8 Å². The van der Waals surface area contributed by atoms with Crippen molar-refractivity contribution in [1.29, 1.82) is 0 Å². The summed E-state index contributed by atoms with van der Waals surface area (Å²) < 4.78 is 1.14. The summed E-state index contributed by atoms with van der Waals surface area (Å²) in [4.78, 5) is 14.0. The number of hydrogen-bond acceptors (Lipinski definition) is 2. The summed E-state index contributed by atoms with van der Waals surface area (Å²) in [7, 11) is 0. The fourth-order valence-electron chi connectivity index (χ4n) is 3.18. The third-order valence-electron chi connectivity index (χ3n) is 4.64. The molecule has 1 fully saturated rings. The number of nitrogens with zero attached hydrogens (tertiary/aromatic N) is 1. The largest absolute Gasteiger partial charge is 0.481 e. The van der Waals surface area contributed by atoms with E-state index in [-0.39, 0.29) is 0 Å². The molecule has 1 saturated heterocycles. The highest BCUT2D eigenvalue weighted by molar-refractivity contribution is 9.10. The highest BCUT2D eigenvalue weighted by Crippen LogP contribution is 2.37. The molecule has 0 aromatic heterocycles. The first-order chi connectivity index (χ1) is 9.97. The number of likely N-dealkylation sites (tertiary alicyclic amines) is 1. The summed E-state index contributed by atoms with van der Waals surface area (Å²) in [6.45, 7) is 6.80. The van der Waals surface area contributed by atoms with E-state index >= 15 is 0 Å². The van der Waals surface area contributed by atoms with Gasteiger partial charge in [0.1, 0.15) is 0 Å². The van der Waals surface area contributed by atoms with E-state index in [1.165, 1.54) is 11.1 Å². The maximum absolute atomic E-state index is 11.6. The standard InChI is InChI=1S/C17H24BrNO2/c1-3-6-17(16(20)21)7-9-19(10-8-17)12-14-5-4-13(2)15(18)11-14/h4-5,11H,3,6-10,12H2,1-2H3,(H,20,21). The van der Waals surface area contributed by atoms with E-state index < -0.39 is 11.4 Å². The van der Waals surface area contributed by atoms with Gasteiger partial charge in [0.2, 0.25) is 0 Å². The Morgan fingerprint density at radius 3 is 2.57 bits per heavy atom. The lowest BCUT2D eigenvalue weighted by Crippen LogP contribution is -2.44. The Bertz CT molecular complexity index is 508. The molecule has 21 heavy (non-hydrogen) atoms. The zero-order chi connectivity index (χ0) is 15.5. The average Bonchev–Trinajstić information content (AvgIpc) is 2.45. The lowest BCUT2D eigenvalue weighted by molar-refractivity contribution is -0.152. The first-order valence-corrected chi connectivity index (χ1v) is 8.47. The van der Waals surface area contributed by atoms with Crippen molar-refractivity contribution in [2.75, 3.05) is 13.1 Å². The maximum atomic E-state index is 11.6. The van der Waals surface area contributed by atoms with E-state index in [4.69, 9.17) is 0 Å². The topological polar surface area (TPSA) is 40.5 Å². The molecule has 0 bridgehead atoms. The van der Waals surface area contributed by atoms with Gasteiger partial charge in [0.25, 0.3) is 0 Å². The molecule has 1 heterocycles. The van der Waals surface area contributed by atoms with Crippen LogP contribution in [-0.2, 0) is 11.3 Å². The van der Waals surface area contributed by atoms with Crippen molar-refractivity contribution < 1.29 is 9.90 Å². The smallest absolute Gasteiger partial charge is 0.309 e. The maximum Gasteiger partial charge on any atom is 0.309 e. The molecule has 1 aliphatic rings. The molecular weight excluding hydrogens is 330 g/mol. The number of piperidine rings is 1. The zero-order valence-electron chi connectivity index (χ0n) is 12.9. The minimum atomic E-state index is -0.609. The number of halogens is 1. The molecule has 1 aromatic rings. The lowest BCUT2D eigenvalue weighted by atomic mass is 9.75. The summed E-state index contributed by atoms with van der Waals surface area (Å²) >= 11 is 3.57. The van der Waals surface area contributed by atoms with Crippen molar-refractivity contribution in [3.63, 3.8) is 0 Å². The Balaban J connectivity index is 1.97. The van der Waals surface area contributed by atoms with Crippen LogP contribution in [0.2, 0.25) is 0 Å². The summed E-state index contributed by atoms with van der Waals surface area (Å²) in [5, 5.41) is 9.54. The molecule has 1 aliphatic heterocycles. The Morgan fingerprint density at radius 1 is 1.38 bits per heavy atom. The first-order valence-electron chi connectivity index (χ1n) is 7.67. The van der Waals surface area contributed by atoms with Gasteiger partial charge in [-0.05, 0) is 56.5 Å². The van der Waals surface area contributed by atoms with Gasteiger partial charge in [-0.2, -0.15) is 0 Å². The SMILES string of the molecule is CCCC1(C(=O)O)CCN(Cc2ccc(C)c(Br)c2)CC1. The van der Waals surface area contributed by atoms with Crippen LogP contribution >= 0.6 is 15.9 Å². The lowest BCUT2D eigenvalue weighted by Gasteiger charge is -2.39. The number of carboxylic acids is 1. The van der Waals surface area contributed by atoms with Crippen molar-refractivity contribution in [2.24, 2.45) is 5.41 Å². The van der Waals surface area contributed by atoms with Gasteiger partial charge in [-0.1, -0.05) is 41.4 Å². The van der Waals surface area contributed by atoms with E-state index in [2.05, 4.69) is 52.9 Å². The van der Waals surface area contributed by atoms with Crippen molar-refractivity contribution in [1.82, 2.24) is 4.90 Å². The van der Waals surface area contributed by atoms with Crippen LogP contribution in [0.25, 0.3) is 0 Å². The summed E-state index contributed by atoms with van der Waals surface area (Å²) in [5.41, 5.74) is 2.04. The van der Waals surface area contributed by atoms with E-state index in [1.807, 2.05) is 0 Å². The van der Waals surface area contributed by atoms with Crippen molar-refractivity contribution in [3.05, 3.63) is 33.8 Å². The Labute approximate surface area is 135 Å². The molecule has 0 aliphatic carbocycles. The summed E-state index contributed by atoms with van der Waals surface area (Å²) in [6.07, 6.45) is 3.27. The molecule has 4 heteroatoms. The number of aryl methyl sites for hydroxylation is 1. The molecule has 0 atom stereocenters. The predicted molar refractivity (Wildman–Crippen MR) is 88.4 cm³/mol. The van der Waals surface area contributed by atoms with E-state index in [0.29, 0.717) is 0 Å². The third kappa shape index (κ3) is 3.86. The molecule has 0 saturated carbocycles. The van der Waals surface area contributed by atoms with Crippen LogP contribution in [0.3, 0.4) is 0 Å². The minimum absolute atomic E-state index is 0.487. The fraction of sp³-hybridized carbons (Fsp3) is 0.588. The Kier molecular flexibility index (Phi) is 5.44. The molecular formula is C17H24BrNO2. The van der Waals surface area contributed by atoms with Crippen molar-refractivity contribution >= 4 is 21.9 Å². The highest BCUT2D eigenvalue weighted by atomic mass is 79.9. The molecule has 1 aromatic carbocycles. The van der Waals surface area contributed by atoms with Crippen LogP contribution < -0.4 is 0 Å². The molecule has 0 unspecified atom stereocenters. The number of rotatable bonds is 5. The quantitative estimate of drug-likeness (QED) is 0.861. The molecule has 1 N–H and O–H groups in total. The highest BCUT2D eigenvalue weighted by Gasteiger charge is 2.40. The van der Waals surface area contributed by atoms with Crippen LogP contribution in [0.5, 0.6) is 0 Å². The summed E-state index contributed by atoms with van der Waals surface area (Å²) in [6, 6.07) is 6.45. The van der Waals surface area contributed by atoms with Gasteiger partial charge in [-0.15, -0.1) is 0 Å². The zero-order valence-corrected chi connectivity index (χ0v) is 14.4. The average molecular weight is 354 g/mol. The second-order valence-electron chi connectivity index (χ2n) is 6.20. The van der Waals surface area contributed by atoms with Crippen LogP contribution in [0.15, 0.2) is 22.7 Å². The van der Waals surface area contributed by atoms with Crippen LogP contribution in [0.1, 0.15) is 43.7 Å². The normalized spacial score (nSPS) is 18.6. The van der Waals surface area contributed by atoms with Gasteiger partial charge in [-0.3, -0.25) is 9.69 Å². The van der Waals surface area contributed by atoms with Gasteiger partial charge in [0.05, 0.1) is 5.41 Å². The number of benzene rings is 1. The molecule has 0 radical (unpaired) electrons. The number of carbonyl (C=O) groups is 1. The molecule has 0 spiro atoms. The molecule has 0 amide bonds. The van der Waals surface area contributed by atoms with Gasteiger partial charge in [0.15, 0.2) is 0 Å². The van der Waals surface area contributed by atoms with Crippen LogP contribution in [0.4, 0.5) is 0 Å². The van der Waals surface area contributed by atoms with Gasteiger partial charge >= 0.3 is 5.97 Å². The minimum Gasteiger partial charge on any atom is -0.481 e. The number of carboxylic acid groups (broad SMARTS) is 1. The molecule has 3 nitrogen and oxygen atoms in total. The third-order valence-corrected chi connectivity index (χ3v) is 5.49. The Hall–Kier alpha value is -0.870. The monoisotopic (exact) mass is 353 g/mol. The second kappa shape index (κ2) is 6.93. The second-order valence-corrected chi connectivity index (χ2v) is 7.05. The first kappa shape index (κ1) is 16.5. The van der Waals surface area contributed by atoms with E-state index in [1.54, 1.807) is 0 Å². The van der Waals surface area contributed by atoms with Gasteiger partial charge in [0, 0.05) is 11.0 Å². The van der Waals surface area contributed by atoms with Crippen molar-refractivity contribution in [3.8, 4) is 0 Å². The number of aliphatic carboxylic acids is 1. The van der Waals surface area contributed by atoms with Gasteiger partial charge in [-0.25, -0.2) is 0 Å². The number of hydrogen-bond donors (Lipinski definition) is 1. The van der Waals surface area contributed by atoms with Crippen LogP contribution in [-0.4, -0.2) is 29.1 Å². The van der Waals surface area contributed by atoms with E-state index in [9.17, 15) is 9.90 Å². The molecule has 2 rings (SSSR count). The van der Waals surface area contributed by atoms with Crippen LogP contribution in [0, 0.1) is 12.3 Å². The van der Waals surface area contributed by atoms with Crippen molar-refractivity contribution in [2.45, 2.75) is 46.1 Å². The fourth-order valence-corrected chi connectivity index (χ4v) is 3.61. The Morgan fingerprint density at radius 2 is 2.05 bits per heavy atom. The summed E-state index contributed by atoms with van der Waals surface area (Å²) in [5.74, 6) is -0.609. The van der Waals surface area contributed by atoms with Gasteiger partial charge < -0.3 is 5.11 Å². The molecule has 116 valence electrons. The predicted octanol–water partition coefficient (Wildman–Crippen LogP) is 4.22.